The Bertz CT molecular complexity index is 139. The van der Waals surface area contributed by atoms with Crippen molar-refractivity contribution in [2.75, 3.05) is 12.0 Å². The zero-order valence-electron chi connectivity index (χ0n) is 8.09. The Labute approximate surface area is 78.2 Å². The van der Waals surface area contributed by atoms with Gasteiger partial charge >= 0.3 is 6.09 Å². The summed E-state index contributed by atoms with van der Waals surface area (Å²) >= 11 is 1.70. The van der Waals surface area contributed by atoms with Crippen molar-refractivity contribution in [1.29, 1.82) is 0 Å². The van der Waals surface area contributed by atoms with E-state index >= 15 is 0 Å². The molecule has 72 valence electrons. The highest BCUT2D eigenvalue weighted by atomic mass is 32.2. The van der Waals surface area contributed by atoms with Crippen LogP contribution in [0.2, 0.25) is 0 Å². The van der Waals surface area contributed by atoms with E-state index in [9.17, 15) is 4.79 Å². The van der Waals surface area contributed by atoms with E-state index in [0.717, 1.165) is 5.75 Å². The molecule has 0 aromatic carbocycles. The molecular formula is C8H17NO2S. The average Bonchev–Trinajstić information content (AvgIpc) is 1.84. The van der Waals surface area contributed by atoms with Crippen LogP contribution < -0.4 is 5.32 Å². The summed E-state index contributed by atoms with van der Waals surface area (Å²) in [7, 11) is 0. The van der Waals surface area contributed by atoms with Gasteiger partial charge in [-0.1, -0.05) is 0 Å². The summed E-state index contributed by atoms with van der Waals surface area (Å²) in [6.45, 7) is 5.62. The first-order valence-electron chi connectivity index (χ1n) is 4.02. The average molecular weight is 191 g/mol. The summed E-state index contributed by atoms with van der Waals surface area (Å²) in [6.07, 6.45) is 1.63. The van der Waals surface area contributed by atoms with Gasteiger partial charge in [-0.05, 0) is 27.0 Å². The molecule has 4 heteroatoms. The van der Waals surface area contributed by atoms with Gasteiger partial charge in [0.1, 0.15) is 0 Å². The van der Waals surface area contributed by atoms with Gasteiger partial charge in [0.05, 0.1) is 6.10 Å². The SMILES string of the molecule is CSCC(C)NC(=O)OC(C)C. The van der Waals surface area contributed by atoms with Crippen LogP contribution in [0.5, 0.6) is 0 Å². The molecule has 12 heavy (non-hydrogen) atoms. The summed E-state index contributed by atoms with van der Waals surface area (Å²) in [5, 5.41) is 2.73. The minimum Gasteiger partial charge on any atom is -0.447 e. The molecular weight excluding hydrogens is 174 g/mol. The zero-order valence-corrected chi connectivity index (χ0v) is 8.90. The van der Waals surface area contributed by atoms with Crippen molar-refractivity contribution < 1.29 is 9.53 Å². The van der Waals surface area contributed by atoms with Crippen molar-refractivity contribution in [2.45, 2.75) is 32.9 Å². The maximum Gasteiger partial charge on any atom is 0.407 e. The molecule has 0 heterocycles. The molecule has 1 amide bonds. The fourth-order valence-corrected chi connectivity index (χ4v) is 1.32. The van der Waals surface area contributed by atoms with Gasteiger partial charge in [-0.2, -0.15) is 11.8 Å². The lowest BCUT2D eigenvalue weighted by atomic mass is 10.4. The Morgan fingerprint density at radius 2 is 2.08 bits per heavy atom. The van der Waals surface area contributed by atoms with E-state index < -0.39 is 0 Å². The minimum absolute atomic E-state index is 0.0496. The molecule has 0 aromatic heterocycles. The molecule has 0 aromatic rings. The molecule has 0 rings (SSSR count). The summed E-state index contributed by atoms with van der Waals surface area (Å²) in [5.41, 5.74) is 0. The van der Waals surface area contributed by atoms with Gasteiger partial charge in [-0.25, -0.2) is 4.79 Å². The third-order valence-corrected chi connectivity index (χ3v) is 1.96. The summed E-state index contributed by atoms with van der Waals surface area (Å²) in [5.74, 6) is 0.910. The van der Waals surface area contributed by atoms with E-state index in [-0.39, 0.29) is 18.2 Å². The number of carbonyl (C=O) groups is 1. The molecule has 0 aliphatic rings. The van der Waals surface area contributed by atoms with E-state index in [4.69, 9.17) is 4.74 Å². The fraction of sp³-hybridized carbons (Fsp3) is 0.875. The predicted octanol–water partition coefficient (Wildman–Crippen LogP) is 1.87. The molecule has 0 spiro atoms. The summed E-state index contributed by atoms with van der Waals surface area (Å²) in [4.78, 5) is 11.0. The van der Waals surface area contributed by atoms with Crippen LogP contribution in [0, 0.1) is 0 Å². The molecule has 0 saturated carbocycles. The number of hydrogen-bond donors (Lipinski definition) is 1. The Hall–Kier alpha value is -0.380. The van der Waals surface area contributed by atoms with Crippen LogP contribution in [0.25, 0.3) is 0 Å². The van der Waals surface area contributed by atoms with Crippen molar-refractivity contribution in [3.63, 3.8) is 0 Å². The van der Waals surface area contributed by atoms with Gasteiger partial charge in [-0.15, -0.1) is 0 Å². The van der Waals surface area contributed by atoms with Crippen molar-refractivity contribution in [3.8, 4) is 0 Å². The van der Waals surface area contributed by atoms with E-state index in [1.807, 2.05) is 27.0 Å². The number of nitrogens with one attached hydrogen (secondary N) is 1. The molecule has 0 bridgehead atoms. The van der Waals surface area contributed by atoms with Crippen LogP contribution in [0.4, 0.5) is 4.79 Å². The number of amides is 1. The zero-order chi connectivity index (χ0) is 9.56. The Morgan fingerprint density at radius 3 is 2.50 bits per heavy atom. The van der Waals surface area contributed by atoms with Crippen LogP contribution in [0.3, 0.4) is 0 Å². The molecule has 1 N–H and O–H groups in total. The molecule has 0 fully saturated rings. The Kier molecular flexibility index (Phi) is 5.98. The summed E-state index contributed by atoms with van der Waals surface area (Å²) in [6, 6.07) is 0.172. The Morgan fingerprint density at radius 1 is 1.50 bits per heavy atom. The first kappa shape index (κ1) is 11.6. The van der Waals surface area contributed by atoms with E-state index in [1.165, 1.54) is 0 Å². The number of carbonyl (C=O) groups excluding carboxylic acids is 1. The monoisotopic (exact) mass is 191 g/mol. The molecule has 0 radical (unpaired) electrons. The molecule has 0 aliphatic heterocycles. The normalized spacial score (nSPS) is 12.8. The molecule has 3 nitrogen and oxygen atoms in total. The van der Waals surface area contributed by atoms with Gasteiger partial charge in [0.15, 0.2) is 0 Å². The number of rotatable bonds is 4. The Balaban J connectivity index is 3.54. The number of ether oxygens (including phenoxy) is 1. The second-order valence-electron chi connectivity index (χ2n) is 2.95. The quantitative estimate of drug-likeness (QED) is 0.737. The third kappa shape index (κ3) is 6.34. The highest BCUT2D eigenvalue weighted by Gasteiger charge is 2.08. The number of hydrogen-bond acceptors (Lipinski definition) is 3. The van der Waals surface area contributed by atoms with E-state index in [1.54, 1.807) is 11.8 Å². The standard InChI is InChI=1S/C8H17NO2S/c1-6(2)11-8(10)9-7(3)5-12-4/h6-7H,5H2,1-4H3,(H,9,10). The van der Waals surface area contributed by atoms with E-state index in [2.05, 4.69) is 5.32 Å². The van der Waals surface area contributed by atoms with Gasteiger partial charge in [0.25, 0.3) is 0 Å². The lowest BCUT2D eigenvalue weighted by molar-refractivity contribution is 0.113. The van der Waals surface area contributed by atoms with Crippen LogP contribution in [-0.2, 0) is 4.74 Å². The second-order valence-corrected chi connectivity index (χ2v) is 3.87. The lowest BCUT2D eigenvalue weighted by Crippen LogP contribution is -2.35. The van der Waals surface area contributed by atoms with Crippen LogP contribution in [0.15, 0.2) is 0 Å². The van der Waals surface area contributed by atoms with Gasteiger partial charge in [0, 0.05) is 11.8 Å². The molecule has 1 atom stereocenters. The van der Waals surface area contributed by atoms with Crippen LogP contribution in [0.1, 0.15) is 20.8 Å². The van der Waals surface area contributed by atoms with Crippen LogP contribution in [-0.4, -0.2) is 30.2 Å². The maximum absolute atomic E-state index is 11.0. The molecule has 0 aliphatic carbocycles. The van der Waals surface area contributed by atoms with Crippen molar-refractivity contribution in [1.82, 2.24) is 5.32 Å². The number of alkyl carbamates (subject to hydrolysis) is 1. The first-order valence-corrected chi connectivity index (χ1v) is 5.41. The summed E-state index contributed by atoms with van der Waals surface area (Å²) < 4.78 is 4.91. The minimum atomic E-state index is -0.327. The third-order valence-electron chi connectivity index (χ3n) is 1.12. The topological polar surface area (TPSA) is 38.3 Å². The predicted molar refractivity (Wildman–Crippen MR) is 52.6 cm³/mol. The smallest absolute Gasteiger partial charge is 0.407 e. The maximum atomic E-state index is 11.0. The molecule has 1 unspecified atom stereocenters. The van der Waals surface area contributed by atoms with Crippen molar-refractivity contribution in [3.05, 3.63) is 0 Å². The number of thioether (sulfide) groups is 1. The first-order chi connectivity index (χ1) is 5.56. The second kappa shape index (κ2) is 6.17. The van der Waals surface area contributed by atoms with Crippen molar-refractivity contribution >= 4 is 17.9 Å². The van der Waals surface area contributed by atoms with E-state index in [0.29, 0.717) is 0 Å². The lowest BCUT2D eigenvalue weighted by Gasteiger charge is -2.14. The van der Waals surface area contributed by atoms with Crippen LogP contribution >= 0.6 is 11.8 Å². The molecule has 0 saturated heterocycles. The van der Waals surface area contributed by atoms with Gasteiger partial charge in [0.2, 0.25) is 0 Å². The fourth-order valence-electron chi connectivity index (χ4n) is 0.741. The largest absolute Gasteiger partial charge is 0.447 e. The highest BCUT2D eigenvalue weighted by Crippen LogP contribution is 1.97. The van der Waals surface area contributed by atoms with Gasteiger partial charge < -0.3 is 10.1 Å². The van der Waals surface area contributed by atoms with Gasteiger partial charge in [-0.3, -0.25) is 0 Å². The van der Waals surface area contributed by atoms with Crippen molar-refractivity contribution in [2.24, 2.45) is 0 Å². The highest BCUT2D eigenvalue weighted by molar-refractivity contribution is 7.98.